The van der Waals surface area contributed by atoms with Crippen LogP contribution in [0.5, 0.6) is 0 Å². The van der Waals surface area contributed by atoms with Gasteiger partial charge in [0.2, 0.25) is 11.8 Å². The lowest BCUT2D eigenvalue weighted by Gasteiger charge is -2.45. The molecular formula is C34H45N5O5. The maximum atomic E-state index is 14.2. The van der Waals surface area contributed by atoms with E-state index in [1.807, 2.05) is 77.6 Å². The number of benzene rings is 1. The molecule has 1 aromatic heterocycles. The summed E-state index contributed by atoms with van der Waals surface area (Å²) >= 11 is 0. The van der Waals surface area contributed by atoms with E-state index in [0.717, 1.165) is 23.2 Å². The summed E-state index contributed by atoms with van der Waals surface area (Å²) < 4.78 is 5.69. The number of anilines is 1. The number of ketones is 1. The van der Waals surface area contributed by atoms with Crippen LogP contribution < -0.4 is 4.90 Å². The average molecular weight is 604 g/mol. The van der Waals surface area contributed by atoms with Crippen molar-refractivity contribution in [2.45, 2.75) is 97.5 Å². The third-order valence-electron chi connectivity index (χ3n) is 8.70. The smallest absolute Gasteiger partial charge is 0.410 e. The van der Waals surface area contributed by atoms with Gasteiger partial charge in [0.15, 0.2) is 5.78 Å². The van der Waals surface area contributed by atoms with E-state index in [9.17, 15) is 19.2 Å². The first-order valence-corrected chi connectivity index (χ1v) is 15.6. The van der Waals surface area contributed by atoms with E-state index < -0.39 is 23.2 Å². The number of ether oxygens (including phenoxy) is 1. The van der Waals surface area contributed by atoms with Gasteiger partial charge >= 0.3 is 6.09 Å². The van der Waals surface area contributed by atoms with Crippen molar-refractivity contribution in [3.8, 4) is 0 Å². The fraction of sp³-hybridized carbons (Fsp3) is 0.559. The quantitative estimate of drug-likeness (QED) is 0.447. The molecular weight excluding hydrogens is 558 g/mol. The lowest BCUT2D eigenvalue weighted by molar-refractivity contribution is -0.142. The first-order valence-electron chi connectivity index (χ1n) is 15.6. The predicted octanol–water partition coefficient (Wildman–Crippen LogP) is 4.54. The Morgan fingerprint density at radius 2 is 1.70 bits per heavy atom. The van der Waals surface area contributed by atoms with Gasteiger partial charge in [-0.15, -0.1) is 0 Å². The summed E-state index contributed by atoms with van der Waals surface area (Å²) in [6.07, 6.45) is 2.30. The van der Waals surface area contributed by atoms with Crippen molar-refractivity contribution >= 4 is 29.4 Å². The maximum absolute atomic E-state index is 14.2. The number of Topliss-reactive ketones (excluding diaryl/α,β-unsaturated/α-hetero) is 1. The van der Waals surface area contributed by atoms with Gasteiger partial charge in [0.1, 0.15) is 11.6 Å². The summed E-state index contributed by atoms with van der Waals surface area (Å²) in [5, 5.41) is 0. The lowest BCUT2D eigenvalue weighted by atomic mass is 9.91. The van der Waals surface area contributed by atoms with Crippen molar-refractivity contribution < 1.29 is 23.9 Å². The Bertz CT molecular complexity index is 1440. The molecule has 44 heavy (non-hydrogen) atoms. The first-order chi connectivity index (χ1) is 20.7. The van der Waals surface area contributed by atoms with Crippen LogP contribution >= 0.6 is 0 Å². The topological polar surface area (TPSA) is 103 Å². The van der Waals surface area contributed by atoms with Crippen LogP contribution in [0.4, 0.5) is 10.5 Å². The normalized spacial score (nSPS) is 21.2. The number of rotatable bonds is 6. The van der Waals surface area contributed by atoms with Crippen LogP contribution in [0.2, 0.25) is 0 Å². The highest BCUT2D eigenvalue weighted by atomic mass is 16.6. The molecule has 3 aliphatic rings. The number of hydrogen-bond donors (Lipinski definition) is 0. The number of hydrogen-bond acceptors (Lipinski definition) is 7. The standard InChI is InChI=1S/C34H45N5O5/c1-8-11-28(40)25-14-26-30(35-15-25)34(6,7)21-39(26)29(41)20-36-16-22(2)38(32(43)44-33(3,4)5)19-27(36)31(42)37-17-23-12-9-10-13-24(23)18-37/h9-10,12-15,22,27H,8,11,16-21H2,1-7H3/t22-,27+/m1/s1. The molecule has 0 unspecified atom stereocenters. The molecule has 10 nitrogen and oxygen atoms in total. The van der Waals surface area contributed by atoms with Crippen LogP contribution in [-0.4, -0.2) is 87.2 Å². The van der Waals surface area contributed by atoms with Gasteiger partial charge in [-0.1, -0.05) is 45.0 Å². The number of pyridine rings is 1. The van der Waals surface area contributed by atoms with Gasteiger partial charge in [-0.3, -0.25) is 24.3 Å². The molecule has 2 atom stereocenters. The van der Waals surface area contributed by atoms with E-state index in [0.29, 0.717) is 43.9 Å². The minimum Gasteiger partial charge on any atom is -0.444 e. The Balaban J connectivity index is 1.41. The summed E-state index contributed by atoms with van der Waals surface area (Å²) in [7, 11) is 0. The summed E-state index contributed by atoms with van der Waals surface area (Å²) in [6, 6.07) is 8.79. The summed E-state index contributed by atoms with van der Waals surface area (Å²) in [5.41, 5.74) is 3.08. The maximum Gasteiger partial charge on any atom is 0.410 e. The van der Waals surface area contributed by atoms with E-state index in [-0.39, 0.29) is 36.7 Å². The highest BCUT2D eigenvalue weighted by molar-refractivity contribution is 6.01. The third kappa shape index (κ3) is 6.36. The Labute approximate surface area is 260 Å². The Morgan fingerprint density at radius 3 is 2.32 bits per heavy atom. The number of piperazine rings is 1. The number of amides is 3. The Hall–Kier alpha value is -3.79. The van der Waals surface area contributed by atoms with Crippen molar-refractivity contribution in [1.29, 1.82) is 0 Å². The van der Waals surface area contributed by atoms with Crippen LogP contribution in [0.1, 0.15) is 88.5 Å². The van der Waals surface area contributed by atoms with Crippen LogP contribution in [0.25, 0.3) is 0 Å². The molecule has 10 heteroatoms. The number of carbonyl (C=O) groups is 4. The number of nitrogens with zero attached hydrogens (tertiary/aromatic N) is 5. The summed E-state index contributed by atoms with van der Waals surface area (Å²) in [4.78, 5) is 65.8. The van der Waals surface area contributed by atoms with Crippen molar-refractivity contribution in [3.63, 3.8) is 0 Å². The molecule has 236 valence electrons. The highest BCUT2D eigenvalue weighted by Gasteiger charge is 2.45. The van der Waals surface area contributed by atoms with Gasteiger partial charge in [0.25, 0.3) is 0 Å². The van der Waals surface area contributed by atoms with Crippen LogP contribution in [0.3, 0.4) is 0 Å². The van der Waals surface area contributed by atoms with E-state index in [4.69, 9.17) is 4.74 Å². The second-order valence-electron chi connectivity index (χ2n) is 14.0. The minimum absolute atomic E-state index is 0.00395. The van der Waals surface area contributed by atoms with Crippen LogP contribution in [0, 0.1) is 0 Å². The van der Waals surface area contributed by atoms with Gasteiger partial charge in [-0.25, -0.2) is 4.79 Å². The SMILES string of the molecule is CCCC(=O)c1cnc2c(c1)N(C(=O)CN1C[C@@H](C)N(C(=O)OC(C)(C)C)C[C@H]1C(=O)N1Cc3ccccc3C1)CC2(C)C. The third-order valence-corrected chi connectivity index (χ3v) is 8.70. The first kappa shape index (κ1) is 31.6. The number of fused-ring (bicyclic) bond motifs is 2. The van der Waals surface area contributed by atoms with Crippen molar-refractivity contribution in [2.75, 3.05) is 31.1 Å². The molecule has 3 amide bonds. The molecule has 2 aromatic rings. The van der Waals surface area contributed by atoms with E-state index in [2.05, 4.69) is 4.98 Å². The van der Waals surface area contributed by atoms with Gasteiger partial charge < -0.3 is 19.4 Å². The molecule has 0 spiro atoms. The van der Waals surface area contributed by atoms with Gasteiger partial charge in [-0.2, -0.15) is 0 Å². The lowest BCUT2D eigenvalue weighted by Crippen LogP contribution is -2.64. The van der Waals surface area contributed by atoms with Gasteiger partial charge in [0.05, 0.1) is 17.9 Å². The van der Waals surface area contributed by atoms with Gasteiger partial charge in [-0.05, 0) is 51.3 Å². The molecule has 0 bridgehead atoms. The summed E-state index contributed by atoms with van der Waals surface area (Å²) in [5.74, 6) is -0.283. The van der Waals surface area contributed by atoms with E-state index in [1.165, 1.54) is 0 Å². The number of carbonyl (C=O) groups excluding carboxylic acids is 4. The molecule has 0 saturated carbocycles. The fourth-order valence-corrected chi connectivity index (χ4v) is 6.47. The largest absolute Gasteiger partial charge is 0.444 e. The number of aromatic nitrogens is 1. The molecule has 0 N–H and O–H groups in total. The van der Waals surface area contributed by atoms with Crippen molar-refractivity contribution in [2.24, 2.45) is 0 Å². The summed E-state index contributed by atoms with van der Waals surface area (Å²) in [6.45, 7) is 15.3. The molecule has 0 aliphatic carbocycles. The molecule has 1 fully saturated rings. The molecule has 1 aromatic carbocycles. The van der Waals surface area contributed by atoms with Gasteiger partial charge in [0, 0.05) is 62.4 Å². The monoisotopic (exact) mass is 603 g/mol. The second-order valence-corrected chi connectivity index (χ2v) is 14.0. The zero-order valence-corrected chi connectivity index (χ0v) is 27.1. The molecule has 0 radical (unpaired) electrons. The Morgan fingerprint density at radius 1 is 1.05 bits per heavy atom. The molecule has 3 aliphatic heterocycles. The predicted molar refractivity (Wildman–Crippen MR) is 167 cm³/mol. The fourth-order valence-electron chi connectivity index (χ4n) is 6.47. The molecule has 1 saturated heterocycles. The van der Waals surface area contributed by atoms with Crippen molar-refractivity contribution in [3.05, 3.63) is 58.9 Å². The molecule has 4 heterocycles. The highest BCUT2D eigenvalue weighted by Crippen LogP contribution is 2.40. The van der Waals surface area contributed by atoms with E-state index >= 15 is 0 Å². The zero-order chi connectivity index (χ0) is 32.0. The zero-order valence-electron chi connectivity index (χ0n) is 27.1. The van der Waals surface area contributed by atoms with Crippen LogP contribution in [0.15, 0.2) is 36.5 Å². The van der Waals surface area contributed by atoms with Crippen molar-refractivity contribution in [1.82, 2.24) is 19.7 Å². The second kappa shape index (κ2) is 12.0. The molecule has 5 rings (SSSR count). The average Bonchev–Trinajstić information content (AvgIpc) is 3.50. The van der Waals surface area contributed by atoms with Crippen LogP contribution in [-0.2, 0) is 32.8 Å². The Kier molecular flexibility index (Phi) is 8.59. The van der Waals surface area contributed by atoms with E-state index in [1.54, 1.807) is 27.0 Å². The minimum atomic E-state index is -0.720.